The average Bonchev–Trinajstić information content (AvgIpc) is 3.22. The second kappa shape index (κ2) is 4.64. The van der Waals surface area contributed by atoms with Gasteiger partial charge in [-0.2, -0.15) is 5.01 Å². The Labute approximate surface area is 104 Å². The lowest BCUT2D eigenvalue weighted by Gasteiger charge is -2.21. The lowest BCUT2D eigenvalue weighted by atomic mass is 10.1. The minimum absolute atomic E-state index is 0.162. The molecule has 0 radical (unpaired) electrons. The summed E-state index contributed by atoms with van der Waals surface area (Å²) in [5, 5.41) is 13.1. The van der Waals surface area contributed by atoms with Crippen LogP contribution in [0.4, 0.5) is 5.82 Å². The first-order valence-corrected chi connectivity index (χ1v) is 5.62. The van der Waals surface area contributed by atoms with E-state index in [1.807, 2.05) is 24.3 Å². The first-order valence-electron chi connectivity index (χ1n) is 5.62. The molecule has 1 saturated heterocycles. The molecule has 0 saturated carbocycles. The first kappa shape index (κ1) is 11.0. The molecule has 3 rings (SSSR count). The summed E-state index contributed by atoms with van der Waals surface area (Å²) in [6, 6.07) is 3.73. The molecule has 0 aromatic carbocycles. The summed E-state index contributed by atoms with van der Waals surface area (Å²) < 4.78 is 10.7. The van der Waals surface area contributed by atoms with Crippen molar-refractivity contribution in [3.63, 3.8) is 0 Å². The van der Waals surface area contributed by atoms with Crippen molar-refractivity contribution < 1.29 is 9.47 Å². The number of rotatable bonds is 3. The molecule has 2 aliphatic rings. The van der Waals surface area contributed by atoms with Crippen molar-refractivity contribution in [2.75, 3.05) is 18.1 Å². The average molecular weight is 245 g/mol. The molecule has 3 heterocycles. The zero-order valence-electron chi connectivity index (χ0n) is 9.52. The number of fused-ring (bicyclic) bond motifs is 1. The topological polar surface area (TPSA) is 65.3 Å². The molecule has 0 aliphatic carbocycles. The van der Waals surface area contributed by atoms with Crippen LogP contribution in [0.5, 0.6) is 0 Å². The van der Waals surface area contributed by atoms with Crippen LogP contribution < -0.4 is 4.90 Å². The SMILES string of the molecule is [O-][N+]#CN1c2ncccc2C=CC1OCC1CO1. The zero-order valence-corrected chi connectivity index (χ0v) is 9.52. The van der Waals surface area contributed by atoms with E-state index in [-0.39, 0.29) is 6.10 Å². The fourth-order valence-electron chi connectivity index (χ4n) is 1.78. The number of hydrogen-bond donors (Lipinski definition) is 0. The number of hydrogen-bond acceptors (Lipinski definition) is 5. The van der Waals surface area contributed by atoms with Crippen molar-refractivity contribution in [2.24, 2.45) is 0 Å². The summed E-state index contributed by atoms with van der Waals surface area (Å²) >= 11 is 0. The standard InChI is InChI=1S/C12H11N3O3/c16-14-8-15-11(18-7-10-6-17-10)4-3-9-2-1-5-13-12(9)15/h1-5,10-11H,6-7H2. The third-order valence-electron chi connectivity index (χ3n) is 2.74. The van der Waals surface area contributed by atoms with Crippen LogP contribution in [-0.4, -0.2) is 30.5 Å². The Morgan fingerprint density at radius 1 is 1.67 bits per heavy atom. The van der Waals surface area contributed by atoms with Crippen LogP contribution in [0.2, 0.25) is 0 Å². The van der Waals surface area contributed by atoms with E-state index in [9.17, 15) is 5.21 Å². The minimum atomic E-state index is -0.422. The third-order valence-corrected chi connectivity index (χ3v) is 2.74. The Morgan fingerprint density at radius 3 is 3.33 bits per heavy atom. The molecule has 1 aromatic heterocycles. The molecule has 92 valence electrons. The molecular weight excluding hydrogens is 234 g/mol. The Morgan fingerprint density at radius 2 is 2.56 bits per heavy atom. The maximum atomic E-state index is 10.4. The minimum Gasteiger partial charge on any atom is -0.611 e. The molecule has 0 bridgehead atoms. The van der Waals surface area contributed by atoms with Crippen molar-refractivity contribution >= 4 is 11.9 Å². The van der Waals surface area contributed by atoms with Gasteiger partial charge in [-0.25, -0.2) is 4.98 Å². The fourth-order valence-corrected chi connectivity index (χ4v) is 1.78. The Hall–Kier alpha value is -2.10. The summed E-state index contributed by atoms with van der Waals surface area (Å²) in [6.45, 7) is 1.21. The van der Waals surface area contributed by atoms with Gasteiger partial charge in [-0.05, 0) is 24.3 Å². The van der Waals surface area contributed by atoms with E-state index < -0.39 is 6.23 Å². The summed E-state index contributed by atoms with van der Waals surface area (Å²) in [7, 11) is 0. The maximum absolute atomic E-state index is 10.4. The van der Waals surface area contributed by atoms with Crippen molar-refractivity contribution in [3.05, 3.63) is 40.2 Å². The molecule has 2 aliphatic heterocycles. The second-order valence-corrected chi connectivity index (χ2v) is 4.02. The van der Waals surface area contributed by atoms with Crippen molar-refractivity contribution in [2.45, 2.75) is 12.3 Å². The lowest BCUT2D eigenvalue weighted by Crippen LogP contribution is -2.35. The van der Waals surface area contributed by atoms with Gasteiger partial charge >= 0.3 is 6.19 Å². The van der Waals surface area contributed by atoms with Crippen molar-refractivity contribution in [1.82, 2.24) is 4.98 Å². The van der Waals surface area contributed by atoms with Gasteiger partial charge in [-0.3, -0.25) is 0 Å². The van der Waals surface area contributed by atoms with Crippen LogP contribution in [0.1, 0.15) is 5.56 Å². The molecule has 0 N–H and O–H groups in total. The van der Waals surface area contributed by atoms with Gasteiger partial charge in [0, 0.05) is 11.8 Å². The van der Waals surface area contributed by atoms with Gasteiger partial charge in [0.2, 0.25) is 12.0 Å². The molecule has 0 amide bonds. The van der Waals surface area contributed by atoms with Crippen molar-refractivity contribution in [3.8, 4) is 6.19 Å². The van der Waals surface area contributed by atoms with Crippen LogP contribution in [0.25, 0.3) is 11.1 Å². The molecule has 2 unspecified atom stereocenters. The molecule has 1 aromatic rings. The third kappa shape index (κ3) is 2.14. The number of pyridine rings is 1. The number of epoxide rings is 1. The van der Waals surface area contributed by atoms with Crippen LogP contribution in [-0.2, 0) is 9.47 Å². The summed E-state index contributed by atoms with van der Waals surface area (Å²) in [5.41, 5.74) is 0.899. The normalized spacial score (nSPS) is 24.1. The number of nitrogens with zero attached hydrogens (tertiary/aromatic N) is 3. The van der Waals surface area contributed by atoms with E-state index in [1.165, 1.54) is 4.90 Å². The Kier molecular flexibility index (Phi) is 2.84. The quantitative estimate of drug-likeness (QED) is 0.458. The number of aromatic nitrogens is 1. The monoisotopic (exact) mass is 245 g/mol. The largest absolute Gasteiger partial charge is 0.611 e. The first-order chi connectivity index (χ1) is 8.88. The molecular formula is C12H11N3O3. The Bertz CT molecular complexity index is 531. The van der Waals surface area contributed by atoms with E-state index in [1.54, 1.807) is 6.20 Å². The Balaban J connectivity index is 1.83. The van der Waals surface area contributed by atoms with Gasteiger partial charge in [0.25, 0.3) is 0 Å². The van der Waals surface area contributed by atoms with E-state index in [0.717, 1.165) is 12.2 Å². The van der Waals surface area contributed by atoms with E-state index in [2.05, 4.69) is 16.2 Å². The van der Waals surface area contributed by atoms with Gasteiger partial charge in [0.05, 0.1) is 13.2 Å². The van der Waals surface area contributed by atoms with Gasteiger partial charge in [0.1, 0.15) is 6.10 Å². The summed E-state index contributed by atoms with van der Waals surface area (Å²) in [5.74, 6) is 0.612. The second-order valence-electron chi connectivity index (χ2n) is 4.02. The zero-order chi connectivity index (χ0) is 12.4. The highest BCUT2D eigenvalue weighted by atomic mass is 16.6. The molecule has 18 heavy (non-hydrogen) atoms. The predicted octanol–water partition coefficient (Wildman–Crippen LogP) is 1.44. The van der Waals surface area contributed by atoms with E-state index >= 15 is 0 Å². The van der Waals surface area contributed by atoms with Gasteiger partial charge < -0.3 is 14.7 Å². The van der Waals surface area contributed by atoms with E-state index in [4.69, 9.17) is 9.47 Å². The lowest BCUT2D eigenvalue weighted by molar-refractivity contribution is 0.0758. The summed E-state index contributed by atoms with van der Waals surface area (Å²) in [4.78, 5) is 5.71. The van der Waals surface area contributed by atoms with Gasteiger partial charge in [0.15, 0.2) is 0 Å². The number of anilines is 1. The van der Waals surface area contributed by atoms with Crippen LogP contribution in [0.15, 0.2) is 24.4 Å². The molecule has 0 spiro atoms. The predicted molar refractivity (Wildman–Crippen MR) is 65.8 cm³/mol. The van der Waals surface area contributed by atoms with Crippen LogP contribution in [0, 0.1) is 11.4 Å². The molecule has 2 atom stereocenters. The summed E-state index contributed by atoms with van der Waals surface area (Å²) in [6.07, 6.45) is 7.49. The highest BCUT2D eigenvalue weighted by Crippen LogP contribution is 2.27. The maximum Gasteiger partial charge on any atom is 0.391 e. The van der Waals surface area contributed by atoms with Crippen LogP contribution >= 0.6 is 0 Å². The molecule has 1 fully saturated rings. The van der Waals surface area contributed by atoms with Gasteiger partial charge in [-0.15, -0.1) is 4.90 Å². The number of ether oxygens (including phenoxy) is 2. The van der Waals surface area contributed by atoms with E-state index in [0.29, 0.717) is 12.4 Å². The highest BCUT2D eigenvalue weighted by Gasteiger charge is 2.33. The fraction of sp³-hybridized carbons (Fsp3) is 0.333. The van der Waals surface area contributed by atoms with Gasteiger partial charge in [-0.1, -0.05) is 0 Å². The molecule has 6 nitrogen and oxygen atoms in total. The molecule has 6 heteroatoms. The highest BCUT2D eigenvalue weighted by molar-refractivity contribution is 5.70. The van der Waals surface area contributed by atoms with Crippen LogP contribution in [0.3, 0.4) is 0 Å². The van der Waals surface area contributed by atoms with Crippen molar-refractivity contribution in [1.29, 1.82) is 0 Å². The smallest absolute Gasteiger partial charge is 0.391 e.